The Balaban J connectivity index is 0.00000261. The normalized spacial score (nSPS) is 31.5. The van der Waals surface area contributed by atoms with Crippen molar-refractivity contribution >= 4 is 24.2 Å². The Bertz CT molecular complexity index is 503. The summed E-state index contributed by atoms with van der Waals surface area (Å²) in [6, 6.07) is 0.312. The Morgan fingerprint density at radius 3 is 2.30 bits per heavy atom. The Labute approximate surface area is 169 Å². The Kier molecular flexibility index (Phi) is 8.38. The first-order valence-corrected chi connectivity index (χ1v) is 10.4. The summed E-state index contributed by atoms with van der Waals surface area (Å²) in [7, 11) is 0. The summed E-state index contributed by atoms with van der Waals surface area (Å²) in [5, 5.41) is 3.40. The lowest BCUT2D eigenvalue weighted by atomic mass is 9.85. The molecule has 0 aromatic rings. The van der Waals surface area contributed by atoms with E-state index in [-0.39, 0.29) is 42.2 Å². The van der Waals surface area contributed by atoms with Crippen LogP contribution >= 0.6 is 12.4 Å². The molecule has 1 saturated carbocycles. The molecule has 2 atom stereocenters. The van der Waals surface area contributed by atoms with Gasteiger partial charge in [-0.1, -0.05) is 20.8 Å². The first kappa shape index (κ1) is 22.4. The Morgan fingerprint density at radius 1 is 1.07 bits per heavy atom. The fraction of sp³-hybridized carbons (Fsp3) is 0.900. The van der Waals surface area contributed by atoms with Crippen molar-refractivity contribution in [2.24, 2.45) is 11.8 Å². The first-order valence-electron chi connectivity index (χ1n) is 10.4. The zero-order chi connectivity index (χ0) is 18.7. The molecule has 1 aliphatic carbocycles. The molecule has 3 fully saturated rings. The lowest BCUT2D eigenvalue weighted by Gasteiger charge is -2.41. The van der Waals surface area contributed by atoms with E-state index in [4.69, 9.17) is 4.74 Å². The van der Waals surface area contributed by atoms with E-state index in [2.05, 4.69) is 17.1 Å². The molecule has 27 heavy (non-hydrogen) atoms. The molecule has 0 aromatic heterocycles. The fourth-order valence-electron chi connectivity index (χ4n) is 4.60. The standard InChI is InChI=1S/C20H35N3O3.ClH/c1-14(2)19(24)23(16-6-4-15(3)5-7-16)17-12-18(21-13-17)20(25)22-8-10-26-11-9-22;/h14-18,21H,4-13H2,1-3H3;1H/t15?,16?,17-,18-;/m0./s1. The third-order valence-corrected chi connectivity index (χ3v) is 6.25. The van der Waals surface area contributed by atoms with Gasteiger partial charge in [0, 0.05) is 37.6 Å². The molecule has 3 rings (SSSR count). The maximum absolute atomic E-state index is 13.0. The monoisotopic (exact) mass is 401 g/mol. The molecule has 0 spiro atoms. The zero-order valence-electron chi connectivity index (χ0n) is 17.0. The van der Waals surface area contributed by atoms with Crippen LogP contribution in [0.4, 0.5) is 0 Å². The minimum atomic E-state index is -0.164. The lowest BCUT2D eigenvalue weighted by Crippen LogP contribution is -2.51. The van der Waals surface area contributed by atoms with E-state index in [0.717, 1.165) is 31.7 Å². The molecule has 2 amide bonds. The molecular weight excluding hydrogens is 366 g/mol. The zero-order valence-corrected chi connectivity index (χ0v) is 17.8. The van der Waals surface area contributed by atoms with E-state index in [1.807, 2.05) is 18.7 Å². The number of halogens is 1. The van der Waals surface area contributed by atoms with Crippen LogP contribution < -0.4 is 5.32 Å². The van der Waals surface area contributed by atoms with Gasteiger partial charge in [-0.05, 0) is 38.0 Å². The Morgan fingerprint density at radius 2 is 1.70 bits per heavy atom. The number of ether oxygens (including phenoxy) is 1. The van der Waals surface area contributed by atoms with Crippen LogP contribution in [0.1, 0.15) is 52.9 Å². The van der Waals surface area contributed by atoms with E-state index in [0.29, 0.717) is 32.3 Å². The van der Waals surface area contributed by atoms with E-state index in [9.17, 15) is 9.59 Å². The van der Waals surface area contributed by atoms with Crippen LogP contribution in [0.5, 0.6) is 0 Å². The molecule has 156 valence electrons. The summed E-state index contributed by atoms with van der Waals surface area (Å²) in [4.78, 5) is 29.8. The van der Waals surface area contributed by atoms with Crippen LogP contribution in [0.25, 0.3) is 0 Å². The van der Waals surface area contributed by atoms with Crippen molar-refractivity contribution in [2.45, 2.75) is 71.0 Å². The van der Waals surface area contributed by atoms with E-state index >= 15 is 0 Å². The number of nitrogens with one attached hydrogen (secondary N) is 1. The molecule has 6 nitrogen and oxygen atoms in total. The molecule has 0 unspecified atom stereocenters. The number of amides is 2. The predicted molar refractivity (Wildman–Crippen MR) is 108 cm³/mol. The molecule has 2 saturated heterocycles. The van der Waals surface area contributed by atoms with Crippen molar-refractivity contribution in [3.05, 3.63) is 0 Å². The van der Waals surface area contributed by atoms with Crippen molar-refractivity contribution < 1.29 is 14.3 Å². The summed E-state index contributed by atoms with van der Waals surface area (Å²) in [6.07, 6.45) is 5.32. The summed E-state index contributed by atoms with van der Waals surface area (Å²) < 4.78 is 5.35. The SMILES string of the molecule is CC1CCC(N(C(=O)C(C)C)[C@@H]2CN[C@H](C(=O)N3CCOCC3)C2)CC1.Cl. The van der Waals surface area contributed by atoms with Gasteiger partial charge in [0.15, 0.2) is 0 Å². The van der Waals surface area contributed by atoms with Gasteiger partial charge in [-0.25, -0.2) is 0 Å². The van der Waals surface area contributed by atoms with Crippen LogP contribution in [-0.2, 0) is 14.3 Å². The molecule has 7 heteroatoms. The van der Waals surface area contributed by atoms with Crippen molar-refractivity contribution in [3.8, 4) is 0 Å². The number of morpholine rings is 1. The highest BCUT2D eigenvalue weighted by Gasteiger charge is 2.40. The number of rotatable bonds is 4. The number of hydrogen-bond donors (Lipinski definition) is 1. The number of carbonyl (C=O) groups is 2. The average Bonchev–Trinajstić information content (AvgIpc) is 3.13. The van der Waals surface area contributed by atoms with Gasteiger partial charge < -0.3 is 19.9 Å². The van der Waals surface area contributed by atoms with Crippen molar-refractivity contribution in [3.63, 3.8) is 0 Å². The fourth-order valence-corrected chi connectivity index (χ4v) is 4.60. The Hall–Kier alpha value is -0.850. The minimum Gasteiger partial charge on any atom is -0.378 e. The predicted octanol–water partition coefficient (Wildman–Crippen LogP) is 2.06. The maximum Gasteiger partial charge on any atom is 0.239 e. The van der Waals surface area contributed by atoms with Gasteiger partial charge in [-0.2, -0.15) is 0 Å². The van der Waals surface area contributed by atoms with Crippen LogP contribution in [0.3, 0.4) is 0 Å². The second kappa shape index (κ2) is 10.1. The van der Waals surface area contributed by atoms with Gasteiger partial charge in [0.2, 0.25) is 11.8 Å². The van der Waals surface area contributed by atoms with Crippen LogP contribution in [0.2, 0.25) is 0 Å². The highest BCUT2D eigenvalue weighted by Crippen LogP contribution is 2.31. The van der Waals surface area contributed by atoms with Gasteiger partial charge in [-0.3, -0.25) is 9.59 Å². The van der Waals surface area contributed by atoms with Crippen molar-refractivity contribution in [1.29, 1.82) is 0 Å². The molecular formula is C20H36ClN3O3. The third-order valence-electron chi connectivity index (χ3n) is 6.25. The van der Waals surface area contributed by atoms with Crippen LogP contribution in [0.15, 0.2) is 0 Å². The van der Waals surface area contributed by atoms with Crippen molar-refractivity contribution in [1.82, 2.24) is 15.1 Å². The summed E-state index contributed by atoms with van der Waals surface area (Å²) in [5.41, 5.74) is 0. The van der Waals surface area contributed by atoms with E-state index < -0.39 is 0 Å². The van der Waals surface area contributed by atoms with Gasteiger partial charge in [0.05, 0.1) is 19.3 Å². The highest BCUT2D eigenvalue weighted by molar-refractivity contribution is 5.85. The van der Waals surface area contributed by atoms with Gasteiger partial charge >= 0.3 is 0 Å². The number of hydrogen-bond acceptors (Lipinski definition) is 4. The molecule has 0 bridgehead atoms. The number of carbonyl (C=O) groups excluding carboxylic acids is 2. The quantitative estimate of drug-likeness (QED) is 0.783. The second-order valence-corrected chi connectivity index (χ2v) is 8.60. The molecule has 3 aliphatic rings. The molecule has 0 aromatic carbocycles. The summed E-state index contributed by atoms with van der Waals surface area (Å²) in [6.45, 7) is 9.61. The van der Waals surface area contributed by atoms with E-state index in [1.165, 1.54) is 12.8 Å². The lowest BCUT2D eigenvalue weighted by molar-refractivity contribution is -0.141. The molecule has 2 heterocycles. The van der Waals surface area contributed by atoms with Gasteiger partial charge in [0.1, 0.15) is 0 Å². The smallest absolute Gasteiger partial charge is 0.239 e. The average molecular weight is 402 g/mol. The van der Waals surface area contributed by atoms with Crippen LogP contribution in [-0.4, -0.2) is 72.6 Å². The summed E-state index contributed by atoms with van der Waals surface area (Å²) in [5.74, 6) is 1.18. The van der Waals surface area contributed by atoms with Crippen molar-refractivity contribution in [2.75, 3.05) is 32.8 Å². The topological polar surface area (TPSA) is 61.9 Å². The van der Waals surface area contributed by atoms with Crippen LogP contribution in [0, 0.1) is 11.8 Å². The molecule has 0 radical (unpaired) electrons. The highest BCUT2D eigenvalue weighted by atomic mass is 35.5. The van der Waals surface area contributed by atoms with E-state index in [1.54, 1.807) is 0 Å². The summed E-state index contributed by atoms with van der Waals surface area (Å²) >= 11 is 0. The molecule has 1 N–H and O–H groups in total. The third kappa shape index (κ3) is 5.36. The largest absolute Gasteiger partial charge is 0.378 e. The molecule has 2 aliphatic heterocycles. The maximum atomic E-state index is 13.0. The van der Waals surface area contributed by atoms with Gasteiger partial charge in [-0.15, -0.1) is 12.4 Å². The minimum absolute atomic E-state index is 0. The first-order chi connectivity index (χ1) is 12.5. The van der Waals surface area contributed by atoms with Gasteiger partial charge in [0.25, 0.3) is 0 Å². The number of nitrogens with zero attached hydrogens (tertiary/aromatic N) is 2. The second-order valence-electron chi connectivity index (χ2n) is 8.60.